The standard InChI is InChI=1S/C18H22O2/c1-12(2)16-10-5-13(3)17(18(16)19)11-14-6-8-15(20-4)9-7-14/h6-13H,5H2,1-4H3/b17-11+. The first kappa shape index (κ1) is 14.6. The number of benzene rings is 1. The van der Waals surface area contributed by atoms with Gasteiger partial charge in [0.25, 0.3) is 0 Å². The van der Waals surface area contributed by atoms with Crippen LogP contribution in [0.5, 0.6) is 5.75 Å². The van der Waals surface area contributed by atoms with Crippen LogP contribution in [0.4, 0.5) is 0 Å². The van der Waals surface area contributed by atoms with Crippen molar-refractivity contribution in [3.8, 4) is 5.75 Å². The summed E-state index contributed by atoms with van der Waals surface area (Å²) in [7, 11) is 1.65. The third-order valence-corrected chi connectivity index (χ3v) is 3.81. The Morgan fingerprint density at radius 3 is 2.45 bits per heavy atom. The number of allylic oxidation sites excluding steroid dienone is 3. The van der Waals surface area contributed by atoms with E-state index in [4.69, 9.17) is 4.74 Å². The first-order chi connectivity index (χ1) is 9.52. The molecule has 0 fully saturated rings. The van der Waals surface area contributed by atoms with E-state index in [1.807, 2.05) is 30.3 Å². The van der Waals surface area contributed by atoms with Gasteiger partial charge in [-0.1, -0.05) is 39.0 Å². The van der Waals surface area contributed by atoms with Gasteiger partial charge in [0.15, 0.2) is 5.78 Å². The highest BCUT2D eigenvalue weighted by atomic mass is 16.5. The molecular weight excluding hydrogens is 248 g/mol. The topological polar surface area (TPSA) is 26.3 Å². The molecule has 0 saturated carbocycles. The second-order valence-corrected chi connectivity index (χ2v) is 5.65. The van der Waals surface area contributed by atoms with Gasteiger partial charge in [-0.25, -0.2) is 0 Å². The molecule has 1 aliphatic rings. The molecule has 0 bridgehead atoms. The molecule has 0 aromatic heterocycles. The van der Waals surface area contributed by atoms with Crippen LogP contribution in [0.3, 0.4) is 0 Å². The molecule has 1 aromatic rings. The minimum Gasteiger partial charge on any atom is -0.497 e. The van der Waals surface area contributed by atoms with Gasteiger partial charge in [-0.05, 0) is 47.6 Å². The Bertz CT molecular complexity index is 547. The minimum atomic E-state index is 0.203. The molecule has 0 amide bonds. The zero-order valence-electron chi connectivity index (χ0n) is 12.6. The maximum Gasteiger partial charge on any atom is 0.185 e. The number of methoxy groups -OCH3 is 1. The molecule has 0 N–H and O–H groups in total. The summed E-state index contributed by atoms with van der Waals surface area (Å²) in [5, 5.41) is 0. The van der Waals surface area contributed by atoms with Crippen LogP contribution in [0, 0.1) is 11.8 Å². The molecule has 0 heterocycles. The lowest BCUT2D eigenvalue weighted by molar-refractivity contribution is -0.113. The fraction of sp³-hybridized carbons (Fsp3) is 0.389. The molecule has 0 spiro atoms. The first-order valence-corrected chi connectivity index (χ1v) is 7.13. The highest BCUT2D eigenvalue weighted by molar-refractivity contribution is 6.12. The smallest absolute Gasteiger partial charge is 0.185 e. The van der Waals surface area contributed by atoms with E-state index in [1.165, 1.54) is 0 Å². The Kier molecular flexibility index (Phi) is 4.43. The molecule has 1 atom stereocenters. The first-order valence-electron chi connectivity index (χ1n) is 7.13. The fourth-order valence-corrected chi connectivity index (χ4v) is 2.50. The third kappa shape index (κ3) is 3.01. The lowest BCUT2D eigenvalue weighted by atomic mass is 9.80. The normalized spacial score (nSPS) is 21.2. The van der Waals surface area contributed by atoms with Crippen molar-refractivity contribution in [1.29, 1.82) is 0 Å². The second-order valence-electron chi connectivity index (χ2n) is 5.65. The van der Waals surface area contributed by atoms with Crippen LogP contribution < -0.4 is 4.74 Å². The number of rotatable bonds is 3. The zero-order chi connectivity index (χ0) is 14.7. The molecule has 2 nitrogen and oxygen atoms in total. The number of carbonyl (C=O) groups excluding carboxylic acids is 1. The highest BCUT2D eigenvalue weighted by Gasteiger charge is 2.26. The molecular formula is C18H22O2. The van der Waals surface area contributed by atoms with Crippen molar-refractivity contribution in [2.24, 2.45) is 11.8 Å². The Balaban J connectivity index is 2.32. The van der Waals surface area contributed by atoms with Crippen molar-refractivity contribution in [2.75, 3.05) is 7.11 Å². The Hall–Kier alpha value is -1.83. The van der Waals surface area contributed by atoms with Crippen LogP contribution >= 0.6 is 0 Å². The largest absolute Gasteiger partial charge is 0.497 e. The highest BCUT2D eigenvalue weighted by Crippen LogP contribution is 2.31. The van der Waals surface area contributed by atoms with Gasteiger partial charge in [-0.3, -0.25) is 4.79 Å². The van der Waals surface area contributed by atoms with E-state index >= 15 is 0 Å². The van der Waals surface area contributed by atoms with Crippen molar-refractivity contribution in [3.63, 3.8) is 0 Å². The molecule has 1 aromatic carbocycles. The maximum atomic E-state index is 12.5. The van der Waals surface area contributed by atoms with E-state index in [0.717, 1.165) is 28.9 Å². The van der Waals surface area contributed by atoms with Gasteiger partial charge in [-0.15, -0.1) is 0 Å². The monoisotopic (exact) mass is 270 g/mol. The predicted molar refractivity (Wildman–Crippen MR) is 82.7 cm³/mol. The molecule has 2 heteroatoms. The van der Waals surface area contributed by atoms with E-state index in [0.29, 0.717) is 0 Å². The molecule has 2 rings (SSSR count). The quantitative estimate of drug-likeness (QED) is 0.767. The van der Waals surface area contributed by atoms with E-state index in [1.54, 1.807) is 7.11 Å². The average Bonchev–Trinajstić information content (AvgIpc) is 2.43. The van der Waals surface area contributed by atoms with Gasteiger partial charge in [0.2, 0.25) is 0 Å². The lowest BCUT2D eigenvalue weighted by Gasteiger charge is -2.23. The molecule has 0 radical (unpaired) electrons. The van der Waals surface area contributed by atoms with Crippen LogP contribution in [-0.4, -0.2) is 12.9 Å². The number of hydrogen-bond donors (Lipinski definition) is 0. The molecule has 20 heavy (non-hydrogen) atoms. The van der Waals surface area contributed by atoms with Crippen molar-refractivity contribution in [1.82, 2.24) is 0 Å². The Morgan fingerprint density at radius 2 is 1.90 bits per heavy atom. The Labute approximate surface area is 121 Å². The van der Waals surface area contributed by atoms with Crippen LogP contribution in [-0.2, 0) is 4.79 Å². The summed E-state index contributed by atoms with van der Waals surface area (Å²) in [6, 6.07) is 7.81. The van der Waals surface area contributed by atoms with Crippen molar-refractivity contribution < 1.29 is 9.53 Å². The van der Waals surface area contributed by atoms with Crippen molar-refractivity contribution in [2.45, 2.75) is 27.2 Å². The lowest BCUT2D eigenvalue weighted by Crippen LogP contribution is -2.20. The predicted octanol–water partition coefficient (Wildman–Crippen LogP) is 4.27. The number of hydrogen-bond acceptors (Lipinski definition) is 2. The molecule has 1 unspecified atom stereocenters. The Morgan fingerprint density at radius 1 is 1.25 bits per heavy atom. The molecule has 0 aliphatic heterocycles. The van der Waals surface area contributed by atoms with E-state index in [2.05, 4.69) is 26.8 Å². The van der Waals surface area contributed by atoms with E-state index in [-0.39, 0.29) is 17.6 Å². The number of ether oxygens (including phenoxy) is 1. The van der Waals surface area contributed by atoms with Crippen LogP contribution in [0.1, 0.15) is 32.8 Å². The number of carbonyl (C=O) groups is 1. The second kappa shape index (κ2) is 6.08. The van der Waals surface area contributed by atoms with Crippen molar-refractivity contribution in [3.05, 3.63) is 47.1 Å². The summed E-state index contributed by atoms with van der Waals surface area (Å²) in [6.45, 7) is 6.26. The number of ketones is 1. The van der Waals surface area contributed by atoms with Gasteiger partial charge in [0.05, 0.1) is 7.11 Å². The maximum absolute atomic E-state index is 12.5. The van der Waals surface area contributed by atoms with Crippen LogP contribution in [0.15, 0.2) is 41.5 Å². The summed E-state index contributed by atoms with van der Waals surface area (Å²) < 4.78 is 5.15. The van der Waals surface area contributed by atoms with Gasteiger partial charge < -0.3 is 4.74 Å². The molecule has 106 valence electrons. The summed E-state index contributed by atoms with van der Waals surface area (Å²) in [4.78, 5) is 12.5. The SMILES string of the molecule is COc1ccc(/C=C2/C(=O)C(C(C)C)=CCC2C)cc1. The molecule has 1 aliphatic carbocycles. The third-order valence-electron chi connectivity index (χ3n) is 3.81. The summed E-state index contributed by atoms with van der Waals surface area (Å²) in [5.74, 6) is 1.61. The zero-order valence-corrected chi connectivity index (χ0v) is 12.6. The van der Waals surface area contributed by atoms with Crippen LogP contribution in [0.2, 0.25) is 0 Å². The average molecular weight is 270 g/mol. The van der Waals surface area contributed by atoms with E-state index < -0.39 is 0 Å². The van der Waals surface area contributed by atoms with Gasteiger partial charge in [0, 0.05) is 5.57 Å². The van der Waals surface area contributed by atoms with E-state index in [9.17, 15) is 4.79 Å². The summed E-state index contributed by atoms with van der Waals surface area (Å²) >= 11 is 0. The number of Topliss-reactive ketones (excluding diaryl/α,β-unsaturated/α-hetero) is 1. The minimum absolute atomic E-state index is 0.203. The van der Waals surface area contributed by atoms with Crippen molar-refractivity contribution >= 4 is 11.9 Å². The van der Waals surface area contributed by atoms with Gasteiger partial charge in [0.1, 0.15) is 5.75 Å². The summed E-state index contributed by atoms with van der Waals surface area (Å²) in [6.07, 6.45) is 5.06. The fourth-order valence-electron chi connectivity index (χ4n) is 2.50. The molecule has 0 saturated heterocycles. The summed E-state index contributed by atoms with van der Waals surface area (Å²) in [5.41, 5.74) is 2.91. The van der Waals surface area contributed by atoms with Crippen LogP contribution in [0.25, 0.3) is 6.08 Å². The van der Waals surface area contributed by atoms with Gasteiger partial charge >= 0.3 is 0 Å². The van der Waals surface area contributed by atoms with Gasteiger partial charge in [-0.2, -0.15) is 0 Å².